The third kappa shape index (κ3) is 4.78. The van der Waals surface area contributed by atoms with Crippen LogP contribution in [-0.2, 0) is 20.8 Å². The molecule has 2 heterocycles. The molecule has 2 atom stereocenters. The van der Waals surface area contributed by atoms with Crippen molar-refractivity contribution in [3.63, 3.8) is 0 Å². The number of hydrogen-bond acceptors (Lipinski definition) is 4. The smallest absolute Gasteiger partial charge is 0.266 e. The first-order valence-corrected chi connectivity index (χ1v) is 9.02. The molecule has 1 aromatic carbocycles. The maximum absolute atomic E-state index is 13.0. The minimum Gasteiger partial charge on any atom is -0.382 e. The summed E-state index contributed by atoms with van der Waals surface area (Å²) in [6.07, 6.45) is 3.61. The second kappa shape index (κ2) is 8.43. The molecule has 1 saturated heterocycles. The fraction of sp³-hybridized carbons (Fsp3) is 0.579. The summed E-state index contributed by atoms with van der Waals surface area (Å²) in [7, 11) is 0. The van der Waals surface area contributed by atoms with Gasteiger partial charge in [0, 0.05) is 32.5 Å². The van der Waals surface area contributed by atoms with E-state index in [0.29, 0.717) is 25.9 Å². The number of oxime groups is 1. The fourth-order valence-electron chi connectivity index (χ4n) is 3.30. The van der Waals surface area contributed by atoms with E-state index >= 15 is 0 Å². The summed E-state index contributed by atoms with van der Waals surface area (Å²) in [6, 6.07) is 6.32. The van der Waals surface area contributed by atoms with Crippen LogP contribution in [0.25, 0.3) is 0 Å². The number of nitrogens with zero attached hydrogens (tertiary/aromatic N) is 2. The van der Waals surface area contributed by atoms with Gasteiger partial charge in [-0.25, -0.2) is 4.39 Å². The average molecular weight is 348 g/mol. The second-order valence-electron chi connectivity index (χ2n) is 6.68. The summed E-state index contributed by atoms with van der Waals surface area (Å²) in [6.45, 7) is 4.16. The molecule has 2 aliphatic heterocycles. The summed E-state index contributed by atoms with van der Waals surface area (Å²) in [5.41, 5.74) is 1.78. The van der Waals surface area contributed by atoms with Crippen LogP contribution in [0.5, 0.6) is 0 Å². The van der Waals surface area contributed by atoms with Crippen LogP contribution in [0.15, 0.2) is 29.4 Å². The van der Waals surface area contributed by atoms with Crippen molar-refractivity contribution in [3.8, 4) is 0 Å². The summed E-state index contributed by atoms with van der Waals surface area (Å²) < 4.78 is 18.6. The third-order valence-electron chi connectivity index (χ3n) is 4.58. The Morgan fingerprint density at radius 2 is 2.16 bits per heavy atom. The zero-order chi connectivity index (χ0) is 17.6. The topological polar surface area (TPSA) is 51.1 Å². The molecular formula is C19H25FN2O3. The molecule has 0 unspecified atom stereocenters. The first-order valence-electron chi connectivity index (χ1n) is 9.02. The highest BCUT2D eigenvalue weighted by Crippen LogP contribution is 2.19. The number of benzene rings is 1. The van der Waals surface area contributed by atoms with Gasteiger partial charge in [-0.15, -0.1) is 0 Å². The largest absolute Gasteiger partial charge is 0.382 e. The number of carbonyl (C=O) groups excluding carboxylic acids is 1. The van der Waals surface area contributed by atoms with Gasteiger partial charge in [0.25, 0.3) is 5.91 Å². The van der Waals surface area contributed by atoms with E-state index in [4.69, 9.17) is 9.57 Å². The van der Waals surface area contributed by atoms with Crippen LogP contribution in [0.3, 0.4) is 0 Å². The van der Waals surface area contributed by atoms with Gasteiger partial charge in [0.2, 0.25) is 6.10 Å². The second-order valence-corrected chi connectivity index (χ2v) is 6.68. The number of carbonyl (C=O) groups is 1. The predicted octanol–water partition coefficient (Wildman–Crippen LogP) is 2.93. The Morgan fingerprint density at radius 1 is 1.36 bits per heavy atom. The monoisotopic (exact) mass is 348 g/mol. The molecule has 6 heteroatoms. The zero-order valence-electron chi connectivity index (χ0n) is 14.6. The van der Waals surface area contributed by atoms with E-state index in [0.717, 1.165) is 37.1 Å². The maximum Gasteiger partial charge on any atom is 0.266 e. The molecule has 5 nitrogen and oxygen atoms in total. The molecule has 2 aliphatic rings. The van der Waals surface area contributed by atoms with E-state index in [1.54, 1.807) is 12.1 Å². The normalized spacial score (nSPS) is 22.6. The molecule has 0 saturated carbocycles. The molecule has 1 amide bonds. The number of rotatable bonds is 7. The van der Waals surface area contributed by atoms with E-state index in [2.05, 4.69) is 12.1 Å². The maximum atomic E-state index is 13.0. The van der Waals surface area contributed by atoms with Gasteiger partial charge >= 0.3 is 0 Å². The first-order chi connectivity index (χ1) is 12.2. The van der Waals surface area contributed by atoms with Crippen LogP contribution in [0.2, 0.25) is 0 Å². The van der Waals surface area contributed by atoms with Crippen LogP contribution < -0.4 is 0 Å². The molecule has 25 heavy (non-hydrogen) atoms. The number of hydrogen-bond donors (Lipinski definition) is 0. The van der Waals surface area contributed by atoms with Crippen LogP contribution in [0, 0.1) is 5.82 Å². The lowest BCUT2D eigenvalue weighted by atomic mass is 10.0. The molecule has 136 valence electrons. The van der Waals surface area contributed by atoms with Crippen LogP contribution in [0.1, 0.15) is 38.2 Å². The van der Waals surface area contributed by atoms with Crippen molar-refractivity contribution in [2.24, 2.45) is 5.16 Å². The van der Waals surface area contributed by atoms with Crippen molar-refractivity contribution >= 4 is 11.6 Å². The van der Waals surface area contributed by atoms with Crippen LogP contribution in [0.4, 0.5) is 4.39 Å². The highest BCUT2D eigenvalue weighted by atomic mass is 19.1. The Balaban J connectivity index is 1.54. The van der Waals surface area contributed by atoms with E-state index in [1.165, 1.54) is 12.1 Å². The summed E-state index contributed by atoms with van der Waals surface area (Å²) in [5, 5.41) is 4.07. The third-order valence-corrected chi connectivity index (χ3v) is 4.58. The van der Waals surface area contributed by atoms with Crippen LogP contribution in [-0.4, -0.2) is 48.4 Å². The Morgan fingerprint density at radius 3 is 2.84 bits per heavy atom. The molecule has 0 radical (unpaired) electrons. The SMILES string of the molecule is CCCN(C[C@@H]1CCCO1)C(=O)[C@H]1CC(Cc2ccc(F)cc2)=NO1. The van der Waals surface area contributed by atoms with Gasteiger partial charge in [0.15, 0.2) is 0 Å². The molecule has 0 aliphatic carbocycles. The zero-order valence-corrected chi connectivity index (χ0v) is 14.6. The van der Waals surface area contributed by atoms with E-state index in [9.17, 15) is 9.18 Å². The van der Waals surface area contributed by atoms with E-state index in [1.807, 2.05) is 4.90 Å². The summed E-state index contributed by atoms with van der Waals surface area (Å²) in [5.74, 6) is -0.277. The van der Waals surface area contributed by atoms with Crippen LogP contribution >= 0.6 is 0 Å². The predicted molar refractivity (Wildman–Crippen MR) is 92.9 cm³/mol. The lowest BCUT2D eigenvalue weighted by Gasteiger charge is -2.26. The average Bonchev–Trinajstić information content (AvgIpc) is 3.28. The van der Waals surface area contributed by atoms with Gasteiger partial charge in [-0.2, -0.15) is 0 Å². The Hall–Kier alpha value is -1.95. The minimum absolute atomic E-state index is 0.0183. The van der Waals surface area contributed by atoms with E-state index < -0.39 is 6.10 Å². The lowest BCUT2D eigenvalue weighted by molar-refractivity contribution is -0.143. The minimum atomic E-state index is -0.552. The molecule has 0 aromatic heterocycles. The van der Waals surface area contributed by atoms with E-state index in [-0.39, 0.29) is 17.8 Å². The van der Waals surface area contributed by atoms with Gasteiger partial charge in [-0.1, -0.05) is 24.2 Å². The van der Waals surface area contributed by atoms with Gasteiger partial charge in [0.05, 0.1) is 11.8 Å². The Kier molecular flexibility index (Phi) is 6.02. The quantitative estimate of drug-likeness (QED) is 0.761. The van der Waals surface area contributed by atoms with Crippen molar-refractivity contribution in [1.29, 1.82) is 0 Å². The first kappa shape index (κ1) is 17.9. The Labute approximate surface area is 147 Å². The van der Waals surface area contributed by atoms with Crippen molar-refractivity contribution in [1.82, 2.24) is 4.90 Å². The molecule has 0 spiro atoms. The standard InChI is InChI=1S/C19H25FN2O3/c1-2-9-22(13-17-4-3-10-24-17)19(23)18-12-16(21-25-18)11-14-5-7-15(20)8-6-14/h5-8,17-18H,2-4,9-13H2,1H3/t17-,18+/m0/s1. The van der Waals surface area contributed by atoms with Crippen molar-refractivity contribution < 1.29 is 18.8 Å². The molecule has 3 rings (SSSR count). The number of amides is 1. The van der Waals surface area contributed by atoms with Crippen molar-refractivity contribution in [2.45, 2.75) is 51.2 Å². The summed E-state index contributed by atoms with van der Waals surface area (Å²) >= 11 is 0. The molecular weight excluding hydrogens is 323 g/mol. The highest BCUT2D eigenvalue weighted by Gasteiger charge is 2.33. The van der Waals surface area contributed by atoms with Gasteiger partial charge in [0.1, 0.15) is 5.82 Å². The number of halogens is 1. The number of ether oxygens (including phenoxy) is 1. The van der Waals surface area contributed by atoms with Gasteiger partial charge in [-0.3, -0.25) is 4.79 Å². The van der Waals surface area contributed by atoms with Gasteiger partial charge in [-0.05, 0) is 37.0 Å². The molecule has 1 aromatic rings. The highest BCUT2D eigenvalue weighted by molar-refractivity contribution is 5.94. The summed E-state index contributed by atoms with van der Waals surface area (Å²) in [4.78, 5) is 20.0. The molecule has 0 bridgehead atoms. The van der Waals surface area contributed by atoms with Crippen molar-refractivity contribution in [2.75, 3.05) is 19.7 Å². The molecule has 0 N–H and O–H groups in total. The van der Waals surface area contributed by atoms with Crippen molar-refractivity contribution in [3.05, 3.63) is 35.6 Å². The lowest BCUT2D eigenvalue weighted by Crippen LogP contribution is -2.43. The molecule has 1 fully saturated rings. The Bertz CT molecular complexity index is 612. The fourth-order valence-corrected chi connectivity index (χ4v) is 3.30. The van der Waals surface area contributed by atoms with Gasteiger partial charge < -0.3 is 14.5 Å².